The largest absolute Gasteiger partial charge is 0.488 e. The van der Waals surface area contributed by atoms with Crippen molar-refractivity contribution in [2.75, 3.05) is 0 Å². The van der Waals surface area contributed by atoms with Crippen molar-refractivity contribution in [1.29, 1.82) is 0 Å². The molecular formula is C24H19ClN2O5. The second-order valence-electron chi connectivity index (χ2n) is 8.21. The number of carbonyl (C=O) groups is 3. The lowest BCUT2D eigenvalue weighted by Gasteiger charge is -2.13. The molecule has 32 heavy (non-hydrogen) atoms. The smallest absolute Gasteiger partial charge is 0.335 e. The Hall–Kier alpha value is -3.45. The summed E-state index contributed by atoms with van der Waals surface area (Å²) < 4.78 is 5.86. The summed E-state index contributed by atoms with van der Waals surface area (Å²) in [5, 5.41) is 14.8. The van der Waals surface area contributed by atoms with E-state index in [1.807, 2.05) is 12.2 Å². The summed E-state index contributed by atoms with van der Waals surface area (Å²) in [7, 11) is 0. The monoisotopic (exact) mass is 450 g/mol. The van der Waals surface area contributed by atoms with Crippen LogP contribution in [0, 0.1) is 23.7 Å². The maximum atomic E-state index is 12.8. The van der Waals surface area contributed by atoms with Crippen molar-refractivity contribution < 1.29 is 24.2 Å². The van der Waals surface area contributed by atoms with E-state index >= 15 is 0 Å². The molecule has 2 aromatic carbocycles. The maximum Gasteiger partial charge on any atom is 0.335 e. The second-order valence-corrected chi connectivity index (χ2v) is 8.65. The van der Waals surface area contributed by atoms with Crippen LogP contribution in [0.25, 0.3) is 0 Å². The summed E-state index contributed by atoms with van der Waals surface area (Å²) in [5.74, 6) is -1.48. The quantitative estimate of drug-likeness (QED) is 0.410. The fourth-order valence-electron chi connectivity index (χ4n) is 4.83. The van der Waals surface area contributed by atoms with E-state index in [1.165, 1.54) is 18.3 Å². The molecule has 1 saturated heterocycles. The Bertz CT molecular complexity index is 1160. The average Bonchev–Trinajstić information content (AvgIpc) is 3.46. The molecule has 4 unspecified atom stereocenters. The number of allylic oxidation sites excluding steroid dienone is 2. The van der Waals surface area contributed by atoms with Crippen LogP contribution in [0.3, 0.4) is 0 Å². The predicted molar refractivity (Wildman–Crippen MR) is 116 cm³/mol. The molecule has 2 bridgehead atoms. The highest BCUT2D eigenvalue weighted by atomic mass is 35.5. The highest BCUT2D eigenvalue weighted by molar-refractivity contribution is 6.31. The first-order valence-corrected chi connectivity index (χ1v) is 10.6. The van der Waals surface area contributed by atoms with Crippen LogP contribution in [-0.2, 0) is 16.2 Å². The summed E-state index contributed by atoms with van der Waals surface area (Å²) in [4.78, 5) is 36.8. The van der Waals surface area contributed by atoms with Crippen molar-refractivity contribution in [3.05, 3.63) is 76.3 Å². The van der Waals surface area contributed by atoms with Gasteiger partial charge in [0.15, 0.2) is 0 Å². The number of halogens is 1. The third kappa shape index (κ3) is 3.48. The van der Waals surface area contributed by atoms with Crippen LogP contribution >= 0.6 is 11.6 Å². The van der Waals surface area contributed by atoms with Gasteiger partial charge in [0.2, 0.25) is 0 Å². The van der Waals surface area contributed by atoms with Gasteiger partial charge in [-0.1, -0.05) is 35.9 Å². The minimum absolute atomic E-state index is 0.119. The molecule has 3 aliphatic rings. The van der Waals surface area contributed by atoms with Gasteiger partial charge in [-0.05, 0) is 54.2 Å². The second kappa shape index (κ2) is 7.91. The molecule has 2 aliphatic carbocycles. The summed E-state index contributed by atoms with van der Waals surface area (Å²) in [6, 6.07) is 11.4. The molecule has 0 aromatic heterocycles. The Morgan fingerprint density at radius 2 is 1.84 bits per heavy atom. The summed E-state index contributed by atoms with van der Waals surface area (Å²) in [6.07, 6.45) is 6.33. The number of rotatable bonds is 6. The molecule has 0 radical (unpaired) electrons. The molecule has 2 aromatic rings. The van der Waals surface area contributed by atoms with Crippen LogP contribution in [0.2, 0.25) is 5.02 Å². The number of benzene rings is 2. The maximum absolute atomic E-state index is 12.8. The van der Waals surface area contributed by atoms with E-state index < -0.39 is 5.97 Å². The van der Waals surface area contributed by atoms with Gasteiger partial charge in [0.25, 0.3) is 11.8 Å². The zero-order chi connectivity index (χ0) is 22.4. The van der Waals surface area contributed by atoms with Gasteiger partial charge in [0.05, 0.1) is 23.6 Å². The van der Waals surface area contributed by atoms with E-state index in [0.29, 0.717) is 21.9 Å². The average molecular weight is 451 g/mol. The Morgan fingerprint density at radius 3 is 2.53 bits per heavy atom. The number of fused-ring (bicyclic) bond motifs is 5. The Kier molecular flexibility index (Phi) is 5.06. The third-order valence-corrected chi connectivity index (χ3v) is 6.53. The van der Waals surface area contributed by atoms with Crippen molar-refractivity contribution in [3.8, 4) is 5.75 Å². The number of carbonyl (C=O) groups excluding carboxylic acids is 2. The fraction of sp³-hybridized carbons (Fsp3) is 0.250. The number of hydrogen-bond acceptors (Lipinski definition) is 5. The number of ether oxygens (including phenoxy) is 1. The van der Waals surface area contributed by atoms with Crippen molar-refractivity contribution in [1.82, 2.24) is 5.01 Å². The lowest BCUT2D eigenvalue weighted by molar-refractivity contribution is -0.140. The molecule has 5 rings (SSSR count). The molecule has 0 spiro atoms. The molecule has 162 valence electrons. The number of imide groups is 1. The number of hydrazone groups is 1. The molecule has 2 amide bonds. The summed E-state index contributed by atoms with van der Waals surface area (Å²) in [5.41, 5.74) is 1.36. The van der Waals surface area contributed by atoms with Gasteiger partial charge in [-0.25, -0.2) is 4.79 Å². The van der Waals surface area contributed by atoms with Gasteiger partial charge in [0, 0.05) is 10.6 Å². The van der Waals surface area contributed by atoms with Crippen LogP contribution < -0.4 is 4.74 Å². The number of aromatic carboxylic acids is 1. The van der Waals surface area contributed by atoms with Crippen molar-refractivity contribution in [2.45, 2.75) is 13.0 Å². The van der Waals surface area contributed by atoms with Crippen molar-refractivity contribution in [2.24, 2.45) is 28.8 Å². The Balaban J connectivity index is 1.34. The first-order valence-electron chi connectivity index (χ1n) is 10.3. The van der Waals surface area contributed by atoms with Crippen LogP contribution in [0.5, 0.6) is 5.75 Å². The molecule has 8 heteroatoms. The lowest BCUT2D eigenvalue weighted by atomic mass is 9.85. The number of carboxylic acid groups (broad SMARTS) is 1. The van der Waals surface area contributed by atoms with Crippen LogP contribution in [0.15, 0.2) is 59.7 Å². The molecule has 1 aliphatic heterocycles. The minimum atomic E-state index is -1.01. The van der Waals surface area contributed by atoms with Gasteiger partial charge in [0.1, 0.15) is 12.4 Å². The first kappa shape index (κ1) is 20.5. The predicted octanol–water partition coefficient (Wildman–Crippen LogP) is 3.76. The summed E-state index contributed by atoms with van der Waals surface area (Å²) in [6.45, 7) is 0.129. The highest BCUT2D eigenvalue weighted by Gasteiger charge is 2.59. The zero-order valence-corrected chi connectivity index (χ0v) is 17.6. The number of hydrogen-bond donors (Lipinski definition) is 1. The molecule has 7 nitrogen and oxygen atoms in total. The fourth-order valence-corrected chi connectivity index (χ4v) is 5.01. The zero-order valence-electron chi connectivity index (χ0n) is 16.8. The standard InChI is InChI=1S/C24H19ClN2O5/c25-18-6-7-19(32-12-13-2-1-3-16(8-13)24(30)31)17(10-18)11-26-27-22(28)20-14-4-5-15(9-14)21(20)23(27)29/h1-8,10-11,14-15,20-21H,9,12H2,(H,30,31). The normalized spacial score (nSPS) is 25.7. The van der Waals surface area contributed by atoms with E-state index in [-0.39, 0.29) is 47.7 Å². The Labute approximate surface area is 188 Å². The van der Waals surface area contributed by atoms with Crippen molar-refractivity contribution >= 4 is 35.6 Å². The summed E-state index contributed by atoms with van der Waals surface area (Å²) >= 11 is 6.13. The number of carboxylic acids is 1. The van der Waals surface area contributed by atoms with Gasteiger partial charge >= 0.3 is 5.97 Å². The van der Waals surface area contributed by atoms with Gasteiger partial charge in [-0.2, -0.15) is 10.1 Å². The minimum Gasteiger partial charge on any atom is -0.488 e. The number of amides is 2. The molecule has 1 saturated carbocycles. The van der Waals surface area contributed by atoms with Crippen LogP contribution in [0.4, 0.5) is 0 Å². The Morgan fingerprint density at radius 1 is 1.12 bits per heavy atom. The van der Waals surface area contributed by atoms with E-state index in [9.17, 15) is 14.4 Å². The third-order valence-electron chi connectivity index (χ3n) is 6.30. The van der Waals surface area contributed by atoms with E-state index in [1.54, 1.807) is 30.3 Å². The molecule has 4 atom stereocenters. The van der Waals surface area contributed by atoms with E-state index in [4.69, 9.17) is 21.4 Å². The van der Waals surface area contributed by atoms with Crippen molar-refractivity contribution in [3.63, 3.8) is 0 Å². The highest BCUT2D eigenvalue weighted by Crippen LogP contribution is 2.52. The van der Waals surface area contributed by atoms with E-state index in [2.05, 4.69) is 5.10 Å². The molecule has 1 heterocycles. The van der Waals surface area contributed by atoms with E-state index in [0.717, 1.165) is 11.4 Å². The van der Waals surface area contributed by atoms with Gasteiger partial charge < -0.3 is 9.84 Å². The molecule has 1 N–H and O–H groups in total. The first-order chi connectivity index (χ1) is 15.4. The topological polar surface area (TPSA) is 96.3 Å². The number of nitrogens with zero attached hydrogens (tertiary/aromatic N) is 2. The molecular weight excluding hydrogens is 432 g/mol. The van der Waals surface area contributed by atoms with Crippen LogP contribution in [0.1, 0.15) is 27.9 Å². The van der Waals surface area contributed by atoms with Crippen LogP contribution in [-0.4, -0.2) is 34.1 Å². The lowest BCUT2D eigenvalue weighted by Crippen LogP contribution is -2.28. The van der Waals surface area contributed by atoms with Gasteiger partial charge in [-0.3, -0.25) is 9.59 Å². The molecule has 2 fully saturated rings. The van der Waals surface area contributed by atoms with Gasteiger partial charge in [-0.15, -0.1) is 0 Å². The SMILES string of the molecule is O=C(O)c1cccc(COc2ccc(Cl)cc2C=NN2C(=O)C3C4C=CC(C4)C3C2=O)c1.